The number of nitrogens with one attached hydrogen (secondary N) is 1. The smallest absolute Gasteiger partial charge is 0.332 e. The Hall–Kier alpha value is -3.36. The topological polar surface area (TPSA) is 95.4 Å². The summed E-state index contributed by atoms with van der Waals surface area (Å²) in [5, 5.41) is 4.24. The molecule has 148 valence electrons. The molecule has 0 spiro atoms. The second-order valence-electron chi connectivity index (χ2n) is 6.46. The molecule has 0 saturated carbocycles. The van der Waals surface area contributed by atoms with E-state index in [0.29, 0.717) is 23.7 Å². The van der Waals surface area contributed by atoms with Crippen LogP contribution in [0.5, 0.6) is 5.75 Å². The van der Waals surface area contributed by atoms with Crippen molar-refractivity contribution in [3.8, 4) is 5.75 Å². The number of unbranched alkanes of at least 4 members (excludes halogenated alkanes) is 1. The van der Waals surface area contributed by atoms with Crippen LogP contribution in [0.3, 0.4) is 0 Å². The highest BCUT2D eigenvalue weighted by Gasteiger charge is 2.18. The summed E-state index contributed by atoms with van der Waals surface area (Å²) in [6, 6.07) is 7.45. The van der Waals surface area contributed by atoms with Gasteiger partial charge in [-0.05, 0) is 36.2 Å². The first-order valence-electron chi connectivity index (χ1n) is 9.07. The van der Waals surface area contributed by atoms with Gasteiger partial charge in [0.15, 0.2) is 11.2 Å². The van der Waals surface area contributed by atoms with Gasteiger partial charge in [0.25, 0.3) is 5.56 Å². The predicted octanol–water partition coefficient (Wildman–Crippen LogP) is 1.69. The number of fused-ring (bicyclic) bond motifs is 1. The van der Waals surface area contributed by atoms with Crippen LogP contribution >= 0.6 is 0 Å². The number of nitrogens with zero attached hydrogens (tertiary/aromatic N) is 5. The van der Waals surface area contributed by atoms with Gasteiger partial charge < -0.3 is 9.30 Å². The molecule has 0 aliphatic rings. The zero-order valence-electron chi connectivity index (χ0n) is 16.5. The number of benzene rings is 1. The van der Waals surface area contributed by atoms with E-state index in [2.05, 4.69) is 22.4 Å². The summed E-state index contributed by atoms with van der Waals surface area (Å²) in [6.07, 6.45) is 3.48. The van der Waals surface area contributed by atoms with Crippen molar-refractivity contribution in [1.29, 1.82) is 0 Å². The molecule has 0 radical (unpaired) electrons. The van der Waals surface area contributed by atoms with Crippen LogP contribution in [0.15, 0.2) is 39.0 Å². The van der Waals surface area contributed by atoms with Gasteiger partial charge in [-0.2, -0.15) is 10.1 Å². The number of imidazole rings is 1. The van der Waals surface area contributed by atoms with Gasteiger partial charge in [-0.1, -0.05) is 13.3 Å². The Morgan fingerprint density at radius 1 is 1.18 bits per heavy atom. The van der Waals surface area contributed by atoms with Gasteiger partial charge in [0, 0.05) is 20.6 Å². The lowest BCUT2D eigenvalue weighted by molar-refractivity contribution is 0.415. The predicted molar refractivity (Wildman–Crippen MR) is 109 cm³/mol. The maximum absolute atomic E-state index is 12.7. The van der Waals surface area contributed by atoms with E-state index in [1.807, 2.05) is 24.3 Å². The number of aromatic nitrogens is 4. The minimum atomic E-state index is -0.411. The lowest BCUT2D eigenvalue weighted by Crippen LogP contribution is -2.37. The van der Waals surface area contributed by atoms with Crippen molar-refractivity contribution < 1.29 is 4.74 Å². The number of hydrogen-bond acceptors (Lipinski definition) is 6. The average molecular weight is 384 g/mol. The SMILES string of the molecule is CCCCn1c(NN=Cc2ccc(OC)cc2)nc2c1c(=O)n(C)c(=O)n2C. The molecule has 0 fully saturated rings. The molecule has 3 aromatic rings. The van der Waals surface area contributed by atoms with E-state index in [9.17, 15) is 9.59 Å². The fraction of sp³-hybridized carbons (Fsp3) is 0.368. The monoisotopic (exact) mass is 384 g/mol. The standard InChI is InChI=1S/C19H24N6O3/c1-5-6-11-25-15-16(23(2)19(27)24(3)17(15)26)21-18(25)22-20-12-13-7-9-14(28-4)10-8-13/h7-10,12H,5-6,11H2,1-4H3,(H,21,22). The van der Waals surface area contributed by atoms with Gasteiger partial charge in [0.1, 0.15) is 5.75 Å². The Bertz CT molecular complexity index is 1120. The molecule has 0 bridgehead atoms. The Morgan fingerprint density at radius 3 is 2.54 bits per heavy atom. The fourth-order valence-electron chi connectivity index (χ4n) is 2.92. The van der Waals surface area contributed by atoms with Gasteiger partial charge in [0.05, 0.1) is 13.3 Å². The third-order valence-corrected chi connectivity index (χ3v) is 4.58. The average Bonchev–Trinajstić information content (AvgIpc) is 3.08. The van der Waals surface area contributed by atoms with E-state index < -0.39 is 5.69 Å². The van der Waals surface area contributed by atoms with E-state index in [1.165, 1.54) is 11.6 Å². The third kappa shape index (κ3) is 3.55. The highest BCUT2D eigenvalue weighted by atomic mass is 16.5. The molecule has 28 heavy (non-hydrogen) atoms. The first-order chi connectivity index (χ1) is 13.5. The summed E-state index contributed by atoms with van der Waals surface area (Å²) >= 11 is 0. The molecule has 9 nitrogen and oxygen atoms in total. The van der Waals surface area contributed by atoms with E-state index in [1.54, 1.807) is 24.9 Å². The first-order valence-corrected chi connectivity index (χ1v) is 9.07. The minimum absolute atomic E-state index is 0.339. The normalized spacial score (nSPS) is 11.4. The molecule has 0 amide bonds. The lowest BCUT2D eigenvalue weighted by atomic mass is 10.2. The highest BCUT2D eigenvalue weighted by molar-refractivity contribution is 5.80. The largest absolute Gasteiger partial charge is 0.497 e. The molecule has 2 heterocycles. The number of anilines is 1. The first kappa shape index (κ1) is 19.4. The number of hydrogen-bond donors (Lipinski definition) is 1. The molecule has 0 aliphatic carbocycles. The van der Waals surface area contributed by atoms with Crippen molar-refractivity contribution >= 4 is 23.3 Å². The minimum Gasteiger partial charge on any atom is -0.497 e. The van der Waals surface area contributed by atoms with E-state index in [4.69, 9.17) is 4.74 Å². The maximum atomic E-state index is 12.7. The summed E-state index contributed by atoms with van der Waals surface area (Å²) in [5.74, 6) is 1.19. The van der Waals surface area contributed by atoms with Gasteiger partial charge in [-0.15, -0.1) is 0 Å². The summed E-state index contributed by atoms with van der Waals surface area (Å²) in [4.78, 5) is 29.3. The zero-order chi connectivity index (χ0) is 20.3. The molecule has 9 heteroatoms. The Morgan fingerprint density at radius 2 is 1.89 bits per heavy atom. The van der Waals surface area contributed by atoms with Crippen molar-refractivity contribution in [2.24, 2.45) is 19.2 Å². The quantitative estimate of drug-likeness (QED) is 0.494. The van der Waals surface area contributed by atoms with Crippen LogP contribution in [-0.4, -0.2) is 32.0 Å². The summed E-state index contributed by atoms with van der Waals surface area (Å²) in [6.45, 7) is 2.67. The van der Waals surface area contributed by atoms with E-state index in [-0.39, 0.29) is 5.56 Å². The Balaban J connectivity index is 2.00. The molecule has 1 N–H and O–H groups in total. The van der Waals surface area contributed by atoms with Gasteiger partial charge in [-0.3, -0.25) is 13.9 Å². The van der Waals surface area contributed by atoms with Crippen molar-refractivity contribution in [3.05, 3.63) is 50.7 Å². The van der Waals surface area contributed by atoms with Gasteiger partial charge in [-0.25, -0.2) is 10.2 Å². The summed E-state index contributed by atoms with van der Waals surface area (Å²) in [5.41, 5.74) is 3.74. The zero-order valence-corrected chi connectivity index (χ0v) is 16.5. The number of methoxy groups -OCH3 is 1. The molecule has 0 unspecified atom stereocenters. The molecular formula is C19H24N6O3. The highest BCUT2D eigenvalue weighted by Crippen LogP contribution is 2.17. The number of hydrazone groups is 1. The molecule has 0 saturated heterocycles. The second-order valence-corrected chi connectivity index (χ2v) is 6.46. The van der Waals surface area contributed by atoms with Crippen molar-refractivity contribution in [2.45, 2.75) is 26.3 Å². The van der Waals surface area contributed by atoms with Gasteiger partial charge in [0.2, 0.25) is 5.95 Å². The van der Waals surface area contributed by atoms with Crippen LogP contribution in [0.4, 0.5) is 5.95 Å². The summed E-state index contributed by atoms with van der Waals surface area (Å²) < 4.78 is 9.39. The van der Waals surface area contributed by atoms with E-state index >= 15 is 0 Å². The number of rotatable bonds is 7. The molecule has 2 aromatic heterocycles. The molecule has 0 atom stereocenters. The van der Waals surface area contributed by atoms with Crippen LogP contribution in [0.1, 0.15) is 25.3 Å². The fourth-order valence-corrected chi connectivity index (χ4v) is 2.92. The van der Waals surface area contributed by atoms with E-state index in [0.717, 1.165) is 28.7 Å². The third-order valence-electron chi connectivity index (χ3n) is 4.58. The Kier molecular flexibility index (Phi) is 5.62. The maximum Gasteiger partial charge on any atom is 0.332 e. The lowest BCUT2D eigenvalue weighted by Gasteiger charge is -2.08. The number of aryl methyl sites for hydroxylation is 2. The van der Waals surface area contributed by atoms with Crippen molar-refractivity contribution in [3.63, 3.8) is 0 Å². The van der Waals surface area contributed by atoms with Crippen LogP contribution in [-0.2, 0) is 20.6 Å². The van der Waals surface area contributed by atoms with Gasteiger partial charge >= 0.3 is 5.69 Å². The Labute approximate surface area is 161 Å². The van der Waals surface area contributed by atoms with Crippen LogP contribution < -0.4 is 21.4 Å². The molecule has 3 rings (SSSR count). The second kappa shape index (κ2) is 8.12. The molecule has 0 aliphatic heterocycles. The van der Waals surface area contributed by atoms with Crippen LogP contribution in [0.25, 0.3) is 11.2 Å². The van der Waals surface area contributed by atoms with Crippen molar-refractivity contribution in [1.82, 2.24) is 18.7 Å². The number of ether oxygens (including phenoxy) is 1. The summed E-state index contributed by atoms with van der Waals surface area (Å²) in [7, 11) is 4.69. The molecular weight excluding hydrogens is 360 g/mol. The van der Waals surface area contributed by atoms with Crippen molar-refractivity contribution in [2.75, 3.05) is 12.5 Å². The molecule has 1 aromatic carbocycles. The van der Waals surface area contributed by atoms with Crippen LogP contribution in [0.2, 0.25) is 0 Å². The van der Waals surface area contributed by atoms with Crippen LogP contribution in [0, 0.1) is 0 Å².